The molecule has 0 heterocycles. The molecule has 0 amide bonds. The van der Waals surface area contributed by atoms with E-state index in [0.29, 0.717) is 13.2 Å². The van der Waals surface area contributed by atoms with Gasteiger partial charge in [-0.25, -0.2) is 0 Å². The van der Waals surface area contributed by atoms with Crippen LogP contribution < -0.4 is 34.5 Å². The van der Waals surface area contributed by atoms with Crippen LogP contribution in [0.15, 0.2) is 0 Å². The third-order valence-corrected chi connectivity index (χ3v) is 9.18. The summed E-state index contributed by atoms with van der Waals surface area (Å²) in [5, 5.41) is 0. The number of rotatable bonds is 36. The average molecular weight is 609 g/mol. The summed E-state index contributed by atoms with van der Waals surface area (Å²) in [6, 6.07) is 0. The maximum absolute atomic E-state index is 11.9. The molecule has 0 spiro atoms. The van der Waals surface area contributed by atoms with Gasteiger partial charge >= 0.3 is 29.6 Å². The van der Waals surface area contributed by atoms with Crippen molar-refractivity contribution in [1.29, 1.82) is 0 Å². The summed E-state index contributed by atoms with van der Waals surface area (Å²) in [7, 11) is -1.92. The molecular formula is C36H74NaO3P. The Hall–Kier alpha value is 1.31. The molecule has 0 saturated carbocycles. The van der Waals surface area contributed by atoms with Gasteiger partial charge in [0.1, 0.15) is 0 Å². The Labute approximate surface area is 283 Å². The SMILES string of the molecule is CCCCCCCCCCCCCCCCCCOP([O-])OCCCCCCCCCCCCCCCCCC.[Na+]. The Bertz CT molecular complexity index is 403. The first kappa shape index (κ1) is 44.4. The molecule has 0 aliphatic rings. The van der Waals surface area contributed by atoms with Crippen molar-refractivity contribution >= 4 is 8.60 Å². The summed E-state index contributed by atoms with van der Waals surface area (Å²) in [5.41, 5.74) is 0. The van der Waals surface area contributed by atoms with E-state index in [2.05, 4.69) is 13.8 Å². The maximum Gasteiger partial charge on any atom is 1.00 e. The van der Waals surface area contributed by atoms with Crippen LogP contribution in [0.2, 0.25) is 0 Å². The average Bonchev–Trinajstić information content (AvgIpc) is 2.96. The topological polar surface area (TPSA) is 41.5 Å². The van der Waals surface area contributed by atoms with Gasteiger partial charge in [0, 0.05) is 0 Å². The largest absolute Gasteiger partial charge is 1.00 e. The van der Waals surface area contributed by atoms with Gasteiger partial charge in [-0.3, -0.25) is 0 Å². The fourth-order valence-electron chi connectivity index (χ4n) is 5.62. The van der Waals surface area contributed by atoms with Crippen LogP contribution in [-0.2, 0) is 9.05 Å². The first-order chi connectivity index (χ1) is 19.8. The quantitative estimate of drug-likeness (QED) is 0.0404. The second kappa shape index (κ2) is 41.3. The maximum atomic E-state index is 11.9. The molecule has 0 aliphatic heterocycles. The van der Waals surface area contributed by atoms with Crippen LogP contribution in [0, 0.1) is 0 Å². The van der Waals surface area contributed by atoms with E-state index in [1.165, 1.54) is 193 Å². The van der Waals surface area contributed by atoms with Gasteiger partial charge in [-0.05, 0) is 12.8 Å². The zero-order valence-corrected chi connectivity index (χ0v) is 31.6. The number of unbranched alkanes of at least 4 members (excludes halogenated alkanes) is 30. The Morgan fingerprint density at radius 2 is 0.488 bits per heavy atom. The first-order valence-electron chi connectivity index (χ1n) is 18.5. The molecule has 0 unspecified atom stereocenters. The molecule has 0 atom stereocenters. The first-order valence-corrected chi connectivity index (χ1v) is 19.6. The van der Waals surface area contributed by atoms with Gasteiger partial charge in [0.15, 0.2) is 0 Å². The molecule has 5 heteroatoms. The van der Waals surface area contributed by atoms with E-state index < -0.39 is 8.60 Å². The summed E-state index contributed by atoms with van der Waals surface area (Å²) in [6.07, 6.45) is 43.6. The van der Waals surface area contributed by atoms with Gasteiger partial charge in [-0.2, -0.15) is 0 Å². The third-order valence-electron chi connectivity index (χ3n) is 8.39. The predicted octanol–water partition coefficient (Wildman–Crippen LogP) is 10.1. The zero-order chi connectivity index (χ0) is 29.0. The van der Waals surface area contributed by atoms with E-state index in [1.807, 2.05) is 0 Å². The summed E-state index contributed by atoms with van der Waals surface area (Å²) >= 11 is 0. The summed E-state index contributed by atoms with van der Waals surface area (Å²) in [4.78, 5) is 11.9. The van der Waals surface area contributed by atoms with Gasteiger partial charge in [-0.1, -0.05) is 206 Å². The molecule has 41 heavy (non-hydrogen) atoms. The van der Waals surface area contributed by atoms with Crippen molar-refractivity contribution in [3.8, 4) is 0 Å². The zero-order valence-electron chi connectivity index (χ0n) is 28.7. The summed E-state index contributed by atoms with van der Waals surface area (Å²) in [5.74, 6) is 0. The van der Waals surface area contributed by atoms with Crippen molar-refractivity contribution in [3.05, 3.63) is 0 Å². The van der Waals surface area contributed by atoms with Crippen LogP contribution in [0.25, 0.3) is 0 Å². The fraction of sp³-hybridized carbons (Fsp3) is 1.00. The van der Waals surface area contributed by atoms with Crippen LogP contribution in [0.5, 0.6) is 0 Å². The van der Waals surface area contributed by atoms with Gasteiger partial charge in [-0.15, -0.1) is 0 Å². The van der Waals surface area contributed by atoms with Gasteiger partial charge in [0.25, 0.3) is 0 Å². The van der Waals surface area contributed by atoms with E-state index in [4.69, 9.17) is 9.05 Å². The van der Waals surface area contributed by atoms with Crippen LogP contribution in [-0.4, -0.2) is 13.2 Å². The molecule has 0 aromatic heterocycles. The minimum atomic E-state index is -1.92. The number of hydrogen-bond acceptors (Lipinski definition) is 3. The molecule has 0 fully saturated rings. The van der Waals surface area contributed by atoms with E-state index >= 15 is 0 Å². The molecule has 0 aliphatic carbocycles. The normalized spacial score (nSPS) is 11.4. The molecule has 0 saturated heterocycles. The summed E-state index contributed by atoms with van der Waals surface area (Å²) < 4.78 is 10.8. The van der Waals surface area contributed by atoms with Gasteiger partial charge in [0.2, 0.25) is 0 Å². The molecule has 0 bridgehead atoms. The van der Waals surface area contributed by atoms with Crippen LogP contribution in [0.4, 0.5) is 0 Å². The molecule has 0 aromatic carbocycles. The molecular weight excluding hydrogens is 534 g/mol. The third kappa shape index (κ3) is 41.3. The summed E-state index contributed by atoms with van der Waals surface area (Å²) in [6.45, 7) is 5.73. The Balaban J connectivity index is 0. The van der Waals surface area contributed by atoms with Crippen molar-refractivity contribution < 1.29 is 43.5 Å². The van der Waals surface area contributed by atoms with E-state index in [1.54, 1.807) is 0 Å². The monoisotopic (exact) mass is 609 g/mol. The van der Waals surface area contributed by atoms with Crippen molar-refractivity contribution in [2.24, 2.45) is 0 Å². The van der Waals surface area contributed by atoms with E-state index in [0.717, 1.165) is 12.8 Å². The van der Waals surface area contributed by atoms with Crippen LogP contribution >= 0.6 is 8.60 Å². The molecule has 0 N–H and O–H groups in total. The molecule has 0 aromatic rings. The minimum Gasteiger partial charge on any atom is -0.786 e. The Kier molecular flexibility index (Phi) is 44.8. The molecule has 0 rings (SSSR count). The van der Waals surface area contributed by atoms with Crippen molar-refractivity contribution in [2.75, 3.05) is 13.2 Å². The van der Waals surface area contributed by atoms with Crippen molar-refractivity contribution in [2.45, 2.75) is 219 Å². The van der Waals surface area contributed by atoms with Gasteiger partial charge < -0.3 is 13.9 Å². The molecule has 3 nitrogen and oxygen atoms in total. The Morgan fingerprint density at radius 1 is 0.317 bits per heavy atom. The predicted molar refractivity (Wildman–Crippen MR) is 178 cm³/mol. The van der Waals surface area contributed by atoms with Crippen molar-refractivity contribution in [1.82, 2.24) is 0 Å². The van der Waals surface area contributed by atoms with Gasteiger partial charge in [0.05, 0.1) is 21.8 Å². The van der Waals surface area contributed by atoms with Crippen LogP contribution in [0.3, 0.4) is 0 Å². The fourth-order valence-corrected chi connectivity index (χ4v) is 6.25. The second-order valence-electron chi connectivity index (χ2n) is 12.5. The minimum absolute atomic E-state index is 0. The smallest absolute Gasteiger partial charge is 0.786 e. The van der Waals surface area contributed by atoms with Crippen LogP contribution in [0.1, 0.15) is 219 Å². The Morgan fingerprint density at radius 3 is 0.683 bits per heavy atom. The molecule has 242 valence electrons. The van der Waals surface area contributed by atoms with E-state index in [9.17, 15) is 4.89 Å². The number of hydrogen-bond donors (Lipinski definition) is 0. The van der Waals surface area contributed by atoms with E-state index in [-0.39, 0.29) is 29.6 Å². The van der Waals surface area contributed by atoms with Crippen molar-refractivity contribution in [3.63, 3.8) is 0 Å². The molecule has 0 radical (unpaired) electrons. The standard InChI is InChI=1S/C36H74O3P.Na/c1-3-5-7-9-11-13-15-17-19-21-23-25-27-29-31-33-35-38-40(37)39-36-34-32-30-28-26-24-22-20-18-16-14-12-10-8-6-4-2;/h3-36H2,1-2H3;/q-1;+1. The second-order valence-corrected chi connectivity index (χ2v) is 13.5.